The SMILES string of the molecule is COc1ccc(Cn2c(=S)[nH]c3ccc(OC)cc3c2=N)cc1. The van der Waals surface area contributed by atoms with Gasteiger partial charge in [0.05, 0.1) is 26.3 Å². The molecule has 0 amide bonds. The summed E-state index contributed by atoms with van der Waals surface area (Å²) in [5.41, 5.74) is 2.23. The first kappa shape index (κ1) is 15.3. The lowest BCUT2D eigenvalue weighted by molar-refractivity contribution is 0.414. The summed E-state index contributed by atoms with van der Waals surface area (Å²) in [5.74, 6) is 1.52. The average molecular weight is 327 g/mol. The van der Waals surface area contributed by atoms with Gasteiger partial charge in [-0.25, -0.2) is 0 Å². The Balaban J connectivity index is 2.09. The van der Waals surface area contributed by atoms with Gasteiger partial charge >= 0.3 is 0 Å². The first-order valence-corrected chi connectivity index (χ1v) is 7.51. The van der Waals surface area contributed by atoms with E-state index in [4.69, 9.17) is 27.1 Å². The standard InChI is InChI=1S/C17H17N3O2S/c1-21-12-5-3-11(4-6-12)10-20-16(18)14-9-13(22-2)7-8-15(14)19-17(20)23/h3-9,18H,10H2,1-2H3,(H,19,23). The van der Waals surface area contributed by atoms with Gasteiger partial charge < -0.3 is 14.5 Å². The highest BCUT2D eigenvalue weighted by atomic mass is 32.1. The second-order valence-corrected chi connectivity index (χ2v) is 5.51. The minimum atomic E-state index is 0.360. The maximum Gasteiger partial charge on any atom is 0.179 e. The number of aromatic nitrogens is 2. The van der Waals surface area contributed by atoms with E-state index in [9.17, 15) is 0 Å². The van der Waals surface area contributed by atoms with E-state index in [1.54, 1.807) is 18.8 Å². The van der Waals surface area contributed by atoms with Crippen LogP contribution in [0, 0.1) is 10.2 Å². The molecule has 1 heterocycles. The van der Waals surface area contributed by atoms with E-state index in [0.29, 0.717) is 22.6 Å². The number of hydrogen-bond acceptors (Lipinski definition) is 4. The van der Waals surface area contributed by atoms with Crippen molar-refractivity contribution in [3.63, 3.8) is 0 Å². The number of rotatable bonds is 4. The summed E-state index contributed by atoms with van der Waals surface area (Å²) < 4.78 is 12.7. The van der Waals surface area contributed by atoms with Crippen molar-refractivity contribution < 1.29 is 9.47 Å². The van der Waals surface area contributed by atoms with Crippen LogP contribution in [0.3, 0.4) is 0 Å². The lowest BCUT2D eigenvalue weighted by Gasteiger charge is -2.11. The molecule has 0 saturated heterocycles. The van der Waals surface area contributed by atoms with Crippen molar-refractivity contribution in [2.24, 2.45) is 0 Å². The number of H-pyrrole nitrogens is 1. The molecule has 0 spiro atoms. The molecule has 0 saturated carbocycles. The molecular weight excluding hydrogens is 310 g/mol. The predicted octanol–water partition coefficient (Wildman–Crippen LogP) is 3.24. The van der Waals surface area contributed by atoms with Crippen molar-refractivity contribution in [1.29, 1.82) is 5.41 Å². The van der Waals surface area contributed by atoms with Crippen molar-refractivity contribution in [2.75, 3.05) is 14.2 Å². The molecule has 2 N–H and O–H groups in total. The third-order valence-electron chi connectivity index (χ3n) is 3.74. The van der Waals surface area contributed by atoms with E-state index in [1.165, 1.54) is 0 Å². The zero-order valence-corrected chi connectivity index (χ0v) is 13.7. The van der Waals surface area contributed by atoms with Crippen molar-refractivity contribution in [2.45, 2.75) is 6.54 Å². The van der Waals surface area contributed by atoms with Gasteiger partial charge in [0.15, 0.2) is 4.77 Å². The maximum absolute atomic E-state index is 8.48. The minimum Gasteiger partial charge on any atom is -0.497 e. The van der Waals surface area contributed by atoms with Gasteiger partial charge in [0.25, 0.3) is 0 Å². The summed E-state index contributed by atoms with van der Waals surface area (Å²) in [7, 11) is 3.25. The molecule has 0 aliphatic rings. The van der Waals surface area contributed by atoms with Crippen molar-refractivity contribution in [3.8, 4) is 11.5 Å². The maximum atomic E-state index is 8.48. The fourth-order valence-electron chi connectivity index (χ4n) is 2.45. The van der Waals surface area contributed by atoms with Gasteiger partial charge in [-0.3, -0.25) is 9.98 Å². The number of hydrogen-bond donors (Lipinski definition) is 2. The van der Waals surface area contributed by atoms with Crippen LogP contribution in [-0.2, 0) is 6.54 Å². The van der Waals surface area contributed by atoms with Crippen LogP contribution in [0.15, 0.2) is 42.5 Å². The van der Waals surface area contributed by atoms with E-state index in [-0.39, 0.29) is 0 Å². The zero-order chi connectivity index (χ0) is 16.4. The summed E-state index contributed by atoms with van der Waals surface area (Å²) in [6.07, 6.45) is 0. The summed E-state index contributed by atoms with van der Waals surface area (Å²) in [6, 6.07) is 13.3. The van der Waals surface area contributed by atoms with E-state index in [2.05, 4.69) is 4.98 Å². The van der Waals surface area contributed by atoms with Gasteiger partial charge in [-0.05, 0) is 48.1 Å². The Morgan fingerprint density at radius 1 is 1.04 bits per heavy atom. The van der Waals surface area contributed by atoms with Crippen molar-refractivity contribution >= 4 is 23.1 Å². The molecule has 2 aromatic carbocycles. The van der Waals surface area contributed by atoms with Crippen LogP contribution in [0.2, 0.25) is 0 Å². The fourth-order valence-corrected chi connectivity index (χ4v) is 2.72. The number of methoxy groups -OCH3 is 2. The van der Waals surface area contributed by atoms with Gasteiger partial charge in [-0.15, -0.1) is 0 Å². The topological polar surface area (TPSA) is 63.0 Å². The smallest absolute Gasteiger partial charge is 0.179 e. The molecule has 3 rings (SSSR count). The summed E-state index contributed by atoms with van der Waals surface area (Å²) in [6.45, 7) is 0.519. The zero-order valence-electron chi connectivity index (χ0n) is 12.9. The fraction of sp³-hybridized carbons (Fsp3) is 0.176. The number of fused-ring (bicyclic) bond motifs is 1. The molecule has 23 heavy (non-hydrogen) atoms. The molecule has 6 heteroatoms. The molecule has 0 aliphatic heterocycles. The Hall–Kier alpha value is -2.60. The van der Waals surface area contributed by atoms with Gasteiger partial charge in [-0.2, -0.15) is 0 Å². The van der Waals surface area contributed by atoms with Crippen LogP contribution in [0.25, 0.3) is 10.9 Å². The Morgan fingerprint density at radius 3 is 2.35 bits per heavy atom. The summed E-state index contributed by atoms with van der Waals surface area (Å²) in [5, 5.41) is 9.25. The summed E-state index contributed by atoms with van der Waals surface area (Å²) >= 11 is 5.41. The van der Waals surface area contributed by atoms with Gasteiger partial charge in [-0.1, -0.05) is 12.1 Å². The van der Waals surface area contributed by atoms with Crippen LogP contribution in [0.4, 0.5) is 0 Å². The number of aromatic amines is 1. The third-order valence-corrected chi connectivity index (χ3v) is 4.06. The Kier molecular flexibility index (Phi) is 4.16. The highest BCUT2D eigenvalue weighted by molar-refractivity contribution is 7.71. The molecule has 118 valence electrons. The highest BCUT2D eigenvalue weighted by Gasteiger charge is 2.05. The van der Waals surface area contributed by atoms with E-state index >= 15 is 0 Å². The van der Waals surface area contributed by atoms with Crippen LogP contribution < -0.4 is 15.0 Å². The molecule has 3 aromatic rings. The van der Waals surface area contributed by atoms with Gasteiger partial charge in [0, 0.05) is 5.39 Å². The average Bonchev–Trinajstić information content (AvgIpc) is 2.59. The molecule has 5 nitrogen and oxygen atoms in total. The monoisotopic (exact) mass is 327 g/mol. The Morgan fingerprint density at radius 2 is 1.70 bits per heavy atom. The molecule has 0 bridgehead atoms. The first-order chi connectivity index (χ1) is 11.1. The van der Waals surface area contributed by atoms with Gasteiger partial charge in [0.1, 0.15) is 17.0 Å². The highest BCUT2D eigenvalue weighted by Crippen LogP contribution is 2.17. The van der Waals surface area contributed by atoms with Crippen LogP contribution in [0.1, 0.15) is 5.56 Å². The van der Waals surface area contributed by atoms with Gasteiger partial charge in [0.2, 0.25) is 0 Å². The number of benzene rings is 2. The number of ether oxygens (including phenoxy) is 2. The molecule has 0 fully saturated rings. The predicted molar refractivity (Wildman–Crippen MR) is 91.6 cm³/mol. The third kappa shape index (κ3) is 2.98. The van der Waals surface area contributed by atoms with E-state index in [0.717, 1.165) is 22.2 Å². The normalized spacial score (nSPS) is 10.7. The van der Waals surface area contributed by atoms with Crippen LogP contribution >= 0.6 is 12.2 Å². The van der Waals surface area contributed by atoms with Crippen molar-refractivity contribution in [1.82, 2.24) is 9.55 Å². The lowest BCUT2D eigenvalue weighted by Crippen LogP contribution is -2.23. The van der Waals surface area contributed by atoms with E-state index in [1.807, 2.05) is 42.5 Å². The number of nitrogens with one attached hydrogen (secondary N) is 2. The Labute approximate surface area is 138 Å². The minimum absolute atomic E-state index is 0.360. The molecule has 0 atom stereocenters. The molecule has 0 aliphatic carbocycles. The van der Waals surface area contributed by atoms with Crippen molar-refractivity contribution in [3.05, 3.63) is 58.3 Å². The second kappa shape index (κ2) is 6.26. The van der Waals surface area contributed by atoms with E-state index < -0.39 is 0 Å². The molecule has 0 radical (unpaired) electrons. The lowest BCUT2D eigenvalue weighted by atomic mass is 10.2. The first-order valence-electron chi connectivity index (χ1n) is 7.11. The van der Waals surface area contributed by atoms with Crippen LogP contribution in [-0.4, -0.2) is 23.8 Å². The quantitative estimate of drug-likeness (QED) is 0.723. The van der Waals surface area contributed by atoms with Crippen LogP contribution in [0.5, 0.6) is 11.5 Å². The largest absolute Gasteiger partial charge is 0.497 e. The molecule has 0 unspecified atom stereocenters. The molecule has 1 aromatic heterocycles. The molecular formula is C17H17N3O2S. The Bertz CT molecular complexity index is 958. The number of nitrogens with zero attached hydrogens (tertiary/aromatic N) is 1. The summed E-state index contributed by atoms with van der Waals surface area (Å²) in [4.78, 5) is 3.17. The second-order valence-electron chi connectivity index (χ2n) is 5.12.